The summed E-state index contributed by atoms with van der Waals surface area (Å²) in [5.41, 5.74) is 15.4. The van der Waals surface area contributed by atoms with Crippen LogP contribution in [0.15, 0.2) is 41.0 Å². The number of fused-ring (bicyclic) bond motifs is 2. The minimum Gasteiger partial charge on any atom is -0.459 e. The van der Waals surface area contributed by atoms with Crippen molar-refractivity contribution < 1.29 is 14.0 Å². The third-order valence-corrected chi connectivity index (χ3v) is 5.62. The first-order chi connectivity index (χ1) is 15.2. The van der Waals surface area contributed by atoms with Crippen molar-refractivity contribution in [3.05, 3.63) is 53.4 Å². The zero-order valence-corrected chi connectivity index (χ0v) is 18.2. The van der Waals surface area contributed by atoms with Crippen LogP contribution in [0.2, 0.25) is 0 Å². The van der Waals surface area contributed by atoms with E-state index in [-0.39, 0.29) is 17.9 Å². The average molecular weight is 435 g/mol. The summed E-state index contributed by atoms with van der Waals surface area (Å²) in [6.45, 7) is 4.08. The number of nitrogens with zero attached hydrogens (tertiary/aromatic N) is 2. The van der Waals surface area contributed by atoms with Crippen LogP contribution in [0.3, 0.4) is 0 Å². The van der Waals surface area contributed by atoms with E-state index in [0.717, 1.165) is 16.7 Å². The van der Waals surface area contributed by atoms with Gasteiger partial charge in [-0.05, 0) is 37.6 Å². The number of aryl methyl sites for hydroxylation is 1. The number of nitrogens with one attached hydrogen (secondary N) is 2. The number of hydrogen-bond acceptors (Lipinski definition) is 7. The van der Waals surface area contributed by atoms with E-state index in [1.165, 1.54) is 6.08 Å². The predicted molar refractivity (Wildman–Crippen MR) is 125 cm³/mol. The number of amides is 2. The highest BCUT2D eigenvalue weighted by molar-refractivity contribution is 5.99. The van der Waals surface area contributed by atoms with E-state index in [9.17, 15) is 9.59 Å². The number of furan rings is 1. The van der Waals surface area contributed by atoms with Crippen LogP contribution in [0.5, 0.6) is 0 Å². The molecule has 2 atom stereocenters. The second-order valence-corrected chi connectivity index (χ2v) is 8.00. The molecule has 166 valence electrons. The van der Waals surface area contributed by atoms with Crippen molar-refractivity contribution in [3.8, 4) is 0 Å². The van der Waals surface area contributed by atoms with Gasteiger partial charge >= 0.3 is 0 Å². The van der Waals surface area contributed by atoms with Crippen molar-refractivity contribution >= 4 is 46.1 Å². The summed E-state index contributed by atoms with van der Waals surface area (Å²) in [5.74, 6) is 0.684. The minimum absolute atomic E-state index is 0.172. The summed E-state index contributed by atoms with van der Waals surface area (Å²) in [6, 6.07) is 6.47. The monoisotopic (exact) mass is 434 g/mol. The van der Waals surface area contributed by atoms with Gasteiger partial charge in [0.15, 0.2) is 11.4 Å². The van der Waals surface area contributed by atoms with Crippen LogP contribution >= 0.6 is 0 Å². The molecule has 2 aromatic heterocycles. The lowest BCUT2D eigenvalue weighted by molar-refractivity contribution is -0.125. The van der Waals surface area contributed by atoms with Gasteiger partial charge in [-0.2, -0.15) is 0 Å². The highest BCUT2D eigenvalue weighted by Crippen LogP contribution is 2.30. The molecule has 6 N–H and O–H groups in total. The number of hydrogen-bond donors (Lipinski definition) is 4. The van der Waals surface area contributed by atoms with Crippen LogP contribution in [0.1, 0.15) is 23.8 Å². The number of benzene rings is 1. The number of aromatic nitrogens is 1. The summed E-state index contributed by atoms with van der Waals surface area (Å²) in [7, 11) is 1.73. The topological polar surface area (TPSA) is 140 Å². The molecule has 9 heteroatoms. The van der Waals surface area contributed by atoms with Crippen LogP contribution in [0.4, 0.5) is 17.2 Å². The molecule has 0 unspecified atom stereocenters. The molecular weight excluding hydrogens is 408 g/mol. The lowest BCUT2D eigenvalue weighted by Gasteiger charge is -2.16. The largest absolute Gasteiger partial charge is 0.459 e. The summed E-state index contributed by atoms with van der Waals surface area (Å²) >= 11 is 0. The molecule has 0 spiro atoms. The third kappa shape index (κ3) is 4.02. The van der Waals surface area contributed by atoms with Gasteiger partial charge in [0.25, 0.3) is 0 Å². The molecule has 0 radical (unpaired) electrons. The number of likely N-dealkylation sites (N-methyl/N-ethyl adjacent to an activating group) is 1. The maximum atomic E-state index is 12.7. The number of anilines is 3. The number of para-hydroxylation sites is 1. The number of nitrogens with two attached hydrogens (primary N) is 2. The van der Waals surface area contributed by atoms with E-state index in [2.05, 4.69) is 15.6 Å². The lowest BCUT2D eigenvalue weighted by Crippen LogP contribution is -2.45. The van der Waals surface area contributed by atoms with Gasteiger partial charge in [-0.25, -0.2) is 4.98 Å². The van der Waals surface area contributed by atoms with E-state index in [1.54, 1.807) is 30.3 Å². The fourth-order valence-electron chi connectivity index (χ4n) is 3.66. The van der Waals surface area contributed by atoms with Crippen molar-refractivity contribution in [2.75, 3.05) is 23.4 Å². The molecule has 0 aliphatic carbocycles. The maximum Gasteiger partial charge on any atom is 0.246 e. The van der Waals surface area contributed by atoms with Gasteiger partial charge in [-0.3, -0.25) is 9.59 Å². The average Bonchev–Trinajstić information content (AvgIpc) is 3.03. The molecule has 0 saturated carbocycles. The van der Waals surface area contributed by atoms with Crippen molar-refractivity contribution in [2.24, 2.45) is 5.73 Å². The second kappa shape index (κ2) is 8.35. The standard InChI is InChI=1S/C23H26N6O3/c1-12-20(25)23(31)28-22-18(27-12)9-14(10-26-22)7-8-19(30)29(3)11-16-13(2)32-21-15(16)5-4-6-17(21)24/h4-10,12,20,27H,11,24-25H2,1-3H3,(H,26,28,31)/b8-7+/t12-,20+/m1/s1. The number of pyridine rings is 1. The Morgan fingerprint density at radius 2 is 2.16 bits per heavy atom. The van der Waals surface area contributed by atoms with Crippen molar-refractivity contribution in [1.82, 2.24) is 9.88 Å². The minimum atomic E-state index is -0.684. The Kier molecular flexibility index (Phi) is 5.58. The smallest absolute Gasteiger partial charge is 0.246 e. The quantitative estimate of drug-likeness (QED) is 0.365. The van der Waals surface area contributed by atoms with Crippen LogP contribution in [-0.2, 0) is 16.1 Å². The summed E-state index contributed by atoms with van der Waals surface area (Å²) < 4.78 is 5.79. The Balaban J connectivity index is 1.49. The Labute approximate surface area is 185 Å². The van der Waals surface area contributed by atoms with Crippen molar-refractivity contribution in [2.45, 2.75) is 32.5 Å². The van der Waals surface area contributed by atoms with Gasteiger partial charge in [-0.15, -0.1) is 0 Å². The molecule has 1 aliphatic rings. The fraction of sp³-hybridized carbons (Fsp3) is 0.261. The van der Waals surface area contributed by atoms with Gasteiger partial charge in [0.2, 0.25) is 11.8 Å². The zero-order valence-electron chi connectivity index (χ0n) is 18.2. The molecule has 0 saturated heterocycles. The second-order valence-electron chi connectivity index (χ2n) is 8.00. The Bertz CT molecular complexity index is 1230. The number of rotatable bonds is 4. The first-order valence-corrected chi connectivity index (χ1v) is 10.3. The van der Waals surface area contributed by atoms with Gasteiger partial charge in [0.1, 0.15) is 11.8 Å². The van der Waals surface area contributed by atoms with E-state index in [0.29, 0.717) is 34.9 Å². The number of nitrogen functional groups attached to an aromatic ring is 1. The molecule has 4 rings (SSSR count). The van der Waals surface area contributed by atoms with Crippen LogP contribution < -0.4 is 22.1 Å². The first-order valence-electron chi connectivity index (χ1n) is 10.3. The van der Waals surface area contributed by atoms with Gasteiger partial charge in [0, 0.05) is 42.9 Å². The normalized spacial score (nSPS) is 18.2. The molecular formula is C23H26N6O3. The van der Waals surface area contributed by atoms with Gasteiger partial charge in [0.05, 0.1) is 11.4 Å². The van der Waals surface area contributed by atoms with Crippen LogP contribution in [0.25, 0.3) is 17.0 Å². The molecule has 3 heterocycles. The summed E-state index contributed by atoms with van der Waals surface area (Å²) in [4.78, 5) is 30.6. The number of carbonyl (C=O) groups is 2. The third-order valence-electron chi connectivity index (χ3n) is 5.62. The molecule has 32 heavy (non-hydrogen) atoms. The lowest BCUT2D eigenvalue weighted by atomic mass is 10.1. The molecule has 1 aliphatic heterocycles. The van der Waals surface area contributed by atoms with Crippen LogP contribution in [0, 0.1) is 6.92 Å². The van der Waals surface area contributed by atoms with E-state index in [1.807, 2.05) is 32.0 Å². The highest BCUT2D eigenvalue weighted by Gasteiger charge is 2.26. The Morgan fingerprint density at radius 1 is 1.38 bits per heavy atom. The molecule has 0 fully saturated rings. The molecule has 1 aromatic carbocycles. The van der Waals surface area contributed by atoms with E-state index >= 15 is 0 Å². The molecule has 0 bridgehead atoms. The maximum absolute atomic E-state index is 12.7. The zero-order chi connectivity index (χ0) is 23.0. The highest BCUT2D eigenvalue weighted by atomic mass is 16.3. The van der Waals surface area contributed by atoms with Crippen molar-refractivity contribution in [1.29, 1.82) is 0 Å². The summed E-state index contributed by atoms with van der Waals surface area (Å²) in [6.07, 6.45) is 4.76. The predicted octanol–water partition coefficient (Wildman–Crippen LogP) is 2.47. The van der Waals surface area contributed by atoms with Crippen LogP contribution in [-0.4, -0.2) is 40.8 Å². The first kappa shape index (κ1) is 21.4. The molecule has 9 nitrogen and oxygen atoms in total. The van der Waals surface area contributed by atoms with E-state index in [4.69, 9.17) is 15.9 Å². The summed E-state index contributed by atoms with van der Waals surface area (Å²) in [5, 5.41) is 6.80. The van der Waals surface area contributed by atoms with E-state index < -0.39 is 6.04 Å². The molecule has 2 amide bonds. The van der Waals surface area contributed by atoms with Gasteiger partial charge < -0.3 is 31.4 Å². The van der Waals surface area contributed by atoms with Gasteiger partial charge in [-0.1, -0.05) is 12.1 Å². The Morgan fingerprint density at radius 3 is 2.94 bits per heavy atom. The molecule has 3 aromatic rings. The van der Waals surface area contributed by atoms with Crippen molar-refractivity contribution in [3.63, 3.8) is 0 Å². The SMILES string of the molecule is Cc1oc2c(N)cccc2c1CN(C)C(=O)/C=C/c1cnc2c(c1)N[C@H](C)[C@H](N)C(=O)N2. The fourth-order valence-corrected chi connectivity index (χ4v) is 3.66. The number of carbonyl (C=O) groups excluding carboxylic acids is 2. The Hall–Kier alpha value is -3.85.